The number of hydrogen-bond acceptors (Lipinski definition) is 6. The van der Waals surface area contributed by atoms with Crippen molar-refractivity contribution in [2.24, 2.45) is 0 Å². The lowest BCUT2D eigenvalue weighted by Gasteiger charge is -2.22. The molecular weight excluding hydrogens is 352 g/mol. The first-order chi connectivity index (χ1) is 11.7. The van der Waals surface area contributed by atoms with Gasteiger partial charge in [-0.15, -0.1) is 10.2 Å². The fourth-order valence-corrected chi connectivity index (χ4v) is 4.07. The topological polar surface area (TPSA) is 80.9 Å². The Balaban J connectivity index is 1.86. The maximum atomic E-state index is 12.0. The zero-order chi connectivity index (χ0) is 18.6. The normalized spacial score (nSPS) is 11.6. The molecule has 0 radical (unpaired) electrons. The van der Waals surface area contributed by atoms with Gasteiger partial charge in [-0.05, 0) is 47.9 Å². The van der Waals surface area contributed by atoms with Crippen molar-refractivity contribution in [2.45, 2.75) is 50.8 Å². The minimum absolute atomic E-state index is 0.000360. The summed E-state index contributed by atoms with van der Waals surface area (Å²) in [7, 11) is 0. The lowest BCUT2D eigenvalue weighted by molar-refractivity contribution is -0.118. The number of carbonyl (C=O) groups excluding carboxylic acids is 1. The van der Waals surface area contributed by atoms with Crippen LogP contribution in [0.4, 0.5) is 5.13 Å². The van der Waals surface area contributed by atoms with Gasteiger partial charge >= 0.3 is 0 Å². The van der Waals surface area contributed by atoms with E-state index < -0.39 is 0 Å². The Kier molecular flexibility index (Phi) is 6.46. The van der Waals surface area contributed by atoms with Crippen LogP contribution in [0.2, 0.25) is 0 Å². The molecule has 0 fully saturated rings. The smallest absolute Gasteiger partial charge is 0.230 e. The van der Waals surface area contributed by atoms with E-state index in [0.717, 1.165) is 10.8 Å². The van der Waals surface area contributed by atoms with E-state index in [9.17, 15) is 4.79 Å². The second kappa shape index (κ2) is 8.19. The van der Waals surface area contributed by atoms with Crippen molar-refractivity contribution in [3.8, 4) is 0 Å². The van der Waals surface area contributed by atoms with Gasteiger partial charge in [-0.2, -0.15) is 0 Å². The fraction of sp³-hybridized carbons (Fsp3) is 0.500. The average Bonchev–Trinajstić information content (AvgIpc) is 2.92. The van der Waals surface area contributed by atoms with Crippen LogP contribution in [0.3, 0.4) is 0 Å². The van der Waals surface area contributed by atoms with Crippen LogP contribution in [-0.2, 0) is 16.6 Å². The van der Waals surface area contributed by atoms with Crippen LogP contribution < -0.4 is 11.1 Å². The van der Waals surface area contributed by atoms with Gasteiger partial charge in [-0.3, -0.25) is 4.79 Å². The third-order valence-corrected chi connectivity index (χ3v) is 5.89. The molecule has 1 aromatic carbocycles. The highest BCUT2D eigenvalue weighted by Crippen LogP contribution is 2.27. The van der Waals surface area contributed by atoms with E-state index in [4.69, 9.17) is 5.73 Å². The van der Waals surface area contributed by atoms with Gasteiger partial charge in [-0.25, -0.2) is 0 Å². The van der Waals surface area contributed by atoms with Gasteiger partial charge in [0, 0.05) is 6.54 Å². The van der Waals surface area contributed by atoms with Gasteiger partial charge in [0.05, 0.1) is 5.75 Å². The van der Waals surface area contributed by atoms with Gasteiger partial charge in [0.1, 0.15) is 0 Å². The second-order valence-electron chi connectivity index (χ2n) is 7.13. The molecule has 2 rings (SSSR count). The summed E-state index contributed by atoms with van der Waals surface area (Å²) < 4.78 is 0.720. The molecule has 0 saturated heterocycles. The number of hydrogen-bond donors (Lipinski definition) is 2. The number of thioether (sulfide) groups is 1. The molecule has 5 nitrogen and oxygen atoms in total. The Morgan fingerprint density at radius 3 is 2.40 bits per heavy atom. The average molecular weight is 379 g/mol. The molecule has 0 aliphatic heterocycles. The third kappa shape index (κ3) is 5.71. The zero-order valence-electron chi connectivity index (χ0n) is 15.5. The fourth-order valence-electron chi connectivity index (χ4n) is 2.60. The summed E-state index contributed by atoms with van der Waals surface area (Å²) in [5, 5.41) is 11.0. The standard InChI is InChI=1S/C18H26N4OS2/c1-11-8-13(18(3,4)5)9-12(2)14(11)6-7-20-15(23)10-24-17-22-21-16(19)25-17/h8-9H,6-7,10H2,1-5H3,(H2,19,21)(H,20,23). The Bertz CT molecular complexity index is 727. The first-order valence-electron chi connectivity index (χ1n) is 8.26. The number of nitrogens with zero attached hydrogens (tertiary/aromatic N) is 2. The zero-order valence-corrected chi connectivity index (χ0v) is 17.1. The predicted molar refractivity (Wildman–Crippen MR) is 106 cm³/mol. The number of anilines is 1. The van der Waals surface area contributed by atoms with E-state index in [0.29, 0.717) is 17.4 Å². The molecule has 1 amide bonds. The third-order valence-electron chi connectivity index (χ3n) is 4.01. The lowest BCUT2D eigenvalue weighted by atomic mass is 9.83. The molecule has 1 aromatic heterocycles. The van der Waals surface area contributed by atoms with Crippen LogP contribution >= 0.6 is 23.1 Å². The number of nitrogens with one attached hydrogen (secondary N) is 1. The summed E-state index contributed by atoms with van der Waals surface area (Å²) in [6.45, 7) is 11.6. The maximum absolute atomic E-state index is 12.0. The number of rotatable bonds is 6. The van der Waals surface area contributed by atoms with Crippen molar-refractivity contribution < 1.29 is 4.79 Å². The Labute approximate surface area is 157 Å². The van der Waals surface area contributed by atoms with Crippen molar-refractivity contribution in [3.63, 3.8) is 0 Å². The van der Waals surface area contributed by atoms with Gasteiger partial charge < -0.3 is 11.1 Å². The Morgan fingerprint density at radius 2 is 1.88 bits per heavy atom. The van der Waals surface area contributed by atoms with E-state index in [1.165, 1.54) is 45.4 Å². The minimum Gasteiger partial charge on any atom is -0.374 e. The summed E-state index contributed by atoms with van der Waals surface area (Å²) in [6.07, 6.45) is 0.838. The molecule has 0 bridgehead atoms. The molecule has 0 saturated carbocycles. The number of aromatic nitrogens is 2. The molecule has 7 heteroatoms. The second-order valence-corrected chi connectivity index (χ2v) is 9.36. The van der Waals surface area contributed by atoms with Crippen LogP contribution in [0.25, 0.3) is 0 Å². The van der Waals surface area contributed by atoms with E-state index in [1.54, 1.807) is 0 Å². The summed E-state index contributed by atoms with van der Waals surface area (Å²) in [5.74, 6) is 0.329. The van der Waals surface area contributed by atoms with Gasteiger partial charge in [0.25, 0.3) is 0 Å². The number of nitrogen functional groups attached to an aromatic ring is 1. The van der Waals surface area contributed by atoms with Crippen LogP contribution in [-0.4, -0.2) is 28.4 Å². The highest BCUT2D eigenvalue weighted by atomic mass is 32.2. The number of carbonyl (C=O) groups is 1. The number of amides is 1. The Morgan fingerprint density at radius 1 is 1.24 bits per heavy atom. The van der Waals surface area contributed by atoms with E-state index in [1.807, 2.05) is 0 Å². The van der Waals surface area contributed by atoms with Gasteiger partial charge in [-0.1, -0.05) is 56.0 Å². The first kappa shape index (κ1) is 19.7. The lowest BCUT2D eigenvalue weighted by Crippen LogP contribution is -2.27. The summed E-state index contributed by atoms with van der Waals surface area (Å²) in [4.78, 5) is 12.0. The molecule has 0 atom stereocenters. The van der Waals surface area contributed by atoms with Crippen LogP contribution in [0, 0.1) is 13.8 Å². The molecule has 0 spiro atoms. The molecule has 1 heterocycles. The number of nitrogens with two attached hydrogens (primary N) is 1. The van der Waals surface area contributed by atoms with Crippen molar-refractivity contribution in [3.05, 3.63) is 34.4 Å². The summed E-state index contributed by atoms with van der Waals surface area (Å²) in [5.41, 5.74) is 10.9. The molecular formula is C18H26N4OS2. The largest absolute Gasteiger partial charge is 0.374 e. The Hall–Kier alpha value is -1.60. The molecule has 2 aromatic rings. The molecule has 0 unspecified atom stereocenters. The molecule has 25 heavy (non-hydrogen) atoms. The van der Waals surface area contributed by atoms with E-state index in [2.05, 4.69) is 62.3 Å². The quantitative estimate of drug-likeness (QED) is 0.752. The molecule has 136 valence electrons. The van der Waals surface area contributed by atoms with Crippen molar-refractivity contribution >= 4 is 34.1 Å². The van der Waals surface area contributed by atoms with Gasteiger partial charge in [0.2, 0.25) is 11.0 Å². The number of benzene rings is 1. The minimum atomic E-state index is 0.000360. The summed E-state index contributed by atoms with van der Waals surface area (Å²) >= 11 is 2.66. The van der Waals surface area contributed by atoms with Crippen molar-refractivity contribution in [1.29, 1.82) is 0 Å². The number of aryl methyl sites for hydroxylation is 2. The highest BCUT2D eigenvalue weighted by molar-refractivity contribution is 8.01. The maximum Gasteiger partial charge on any atom is 0.230 e. The molecule has 0 aliphatic rings. The van der Waals surface area contributed by atoms with Crippen molar-refractivity contribution in [2.75, 3.05) is 18.0 Å². The highest BCUT2D eigenvalue weighted by Gasteiger charge is 2.16. The van der Waals surface area contributed by atoms with Crippen LogP contribution in [0.5, 0.6) is 0 Å². The van der Waals surface area contributed by atoms with Crippen LogP contribution in [0.1, 0.15) is 43.0 Å². The summed E-state index contributed by atoms with van der Waals surface area (Å²) in [6, 6.07) is 4.53. The molecule has 0 aliphatic carbocycles. The first-order valence-corrected chi connectivity index (χ1v) is 10.1. The SMILES string of the molecule is Cc1cc(C(C)(C)C)cc(C)c1CCNC(=O)CSc1nnc(N)s1. The van der Waals surface area contributed by atoms with E-state index >= 15 is 0 Å². The van der Waals surface area contributed by atoms with Crippen LogP contribution in [0.15, 0.2) is 16.5 Å². The van der Waals surface area contributed by atoms with Crippen molar-refractivity contribution in [1.82, 2.24) is 15.5 Å². The molecule has 3 N–H and O–H groups in total. The van der Waals surface area contributed by atoms with Gasteiger partial charge in [0.15, 0.2) is 4.34 Å². The van der Waals surface area contributed by atoms with E-state index in [-0.39, 0.29) is 11.3 Å². The monoisotopic (exact) mass is 378 g/mol. The predicted octanol–water partition coefficient (Wildman–Crippen LogP) is 3.49.